The van der Waals surface area contributed by atoms with Crippen molar-refractivity contribution in [2.45, 2.75) is 40.0 Å². The summed E-state index contributed by atoms with van der Waals surface area (Å²) in [6, 6.07) is 5.97. The lowest BCUT2D eigenvalue weighted by Crippen LogP contribution is -2.39. The van der Waals surface area contributed by atoms with Crippen LogP contribution in [0.1, 0.15) is 44.2 Å². The summed E-state index contributed by atoms with van der Waals surface area (Å²) in [5.41, 5.74) is 2.15. The molecule has 0 fully saturated rings. The second kappa shape index (κ2) is 9.07. The van der Waals surface area contributed by atoms with Crippen LogP contribution in [0.4, 0.5) is 0 Å². The Morgan fingerprint density at radius 3 is 2.55 bits per heavy atom. The van der Waals surface area contributed by atoms with Gasteiger partial charge in [0.05, 0.1) is 6.54 Å². The Morgan fingerprint density at radius 1 is 1.18 bits per heavy atom. The average molecular weight is 306 g/mol. The van der Waals surface area contributed by atoms with Gasteiger partial charge in [0.2, 0.25) is 5.91 Å². The smallest absolute Gasteiger partial charge is 0.258 e. The third-order valence-electron chi connectivity index (χ3n) is 3.17. The molecular formula is C17H26N2O3. The molecule has 1 rings (SSSR count). The highest BCUT2D eigenvalue weighted by molar-refractivity contribution is 5.85. The standard InChI is InChI=1S/C17H26N2O3/c1-5-8-18-16(20)10-19-17(21)11-22-15-9-13(4)6-7-14(15)12(2)3/h6-7,9,12H,5,8,10-11H2,1-4H3,(H,18,20)(H,19,21). The van der Waals surface area contributed by atoms with Crippen molar-refractivity contribution in [3.8, 4) is 5.75 Å². The van der Waals surface area contributed by atoms with Gasteiger partial charge in [-0.05, 0) is 36.5 Å². The van der Waals surface area contributed by atoms with Gasteiger partial charge in [0.25, 0.3) is 5.91 Å². The number of rotatable bonds is 8. The molecule has 0 saturated heterocycles. The van der Waals surface area contributed by atoms with Crippen LogP contribution in [0.3, 0.4) is 0 Å². The number of hydrogen-bond donors (Lipinski definition) is 2. The quantitative estimate of drug-likeness (QED) is 0.773. The molecule has 0 aliphatic heterocycles. The van der Waals surface area contributed by atoms with Crippen LogP contribution in [0.15, 0.2) is 18.2 Å². The van der Waals surface area contributed by atoms with Gasteiger partial charge < -0.3 is 15.4 Å². The van der Waals surface area contributed by atoms with Crippen LogP contribution in [0.25, 0.3) is 0 Å². The maximum Gasteiger partial charge on any atom is 0.258 e. The molecule has 2 N–H and O–H groups in total. The number of carbonyl (C=O) groups is 2. The molecule has 0 unspecified atom stereocenters. The molecule has 0 aromatic heterocycles. The van der Waals surface area contributed by atoms with E-state index in [0.29, 0.717) is 12.5 Å². The maximum atomic E-state index is 11.7. The van der Waals surface area contributed by atoms with E-state index < -0.39 is 0 Å². The van der Waals surface area contributed by atoms with E-state index in [1.165, 1.54) is 0 Å². The second-order valence-electron chi connectivity index (χ2n) is 5.61. The largest absolute Gasteiger partial charge is 0.483 e. The number of carbonyl (C=O) groups excluding carboxylic acids is 2. The first-order chi connectivity index (χ1) is 10.4. The summed E-state index contributed by atoms with van der Waals surface area (Å²) < 4.78 is 5.61. The minimum absolute atomic E-state index is 0.0208. The summed E-state index contributed by atoms with van der Waals surface area (Å²) in [7, 11) is 0. The lowest BCUT2D eigenvalue weighted by Gasteiger charge is -2.14. The number of hydrogen-bond acceptors (Lipinski definition) is 3. The first-order valence-electron chi connectivity index (χ1n) is 7.70. The van der Waals surface area contributed by atoms with E-state index in [1.807, 2.05) is 32.0 Å². The molecule has 2 amide bonds. The zero-order valence-electron chi connectivity index (χ0n) is 13.9. The van der Waals surface area contributed by atoms with E-state index in [1.54, 1.807) is 0 Å². The van der Waals surface area contributed by atoms with Crippen molar-refractivity contribution < 1.29 is 14.3 Å². The maximum absolute atomic E-state index is 11.7. The SMILES string of the molecule is CCCNC(=O)CNC(=O)COc1cc(C)ccc1C(C)C. The Bertz CT molecular complexity index is 513. The third kappa shape index (κ3) is 6.16. The van der Waals surface area contributed by atoms with Crippen molar-refractivity contribution in [3.05, 3.63) is 29.3 Å². The van der Waals surface area contributed by atoms with Gasteiger partial charge in [-0.1, -0.05) is 32.9 Å². The van der Waals surface area contributed by atoms with Crippen LogP contribution in [0.2, 0.25) is 0 Å². The van der Waals surface area contributed by atoms with Gasteiger partial charge in [0.1, 0.15) is 5.75 Å². The Morgan fingerprint density at radius 2 is 1.91 bits per heavy atom. The predicted octanol–water partition coefficient (Wildman–Crippen LogP) is 2.14. The summed E-state index contributed by atoms with van der Waals surface area (Å²) in [4.78, 5) is 23.1. The minimum atomic E-state index is -0.303. The van der Waals surface area contributed by atoms with Crippen LogP contribution in [-0.2, 0) is 9.59 Å². The van der Waals surface area contributed by atoms with Crippen LogP contribution < -0.4 is 15.4 Å². The summed E-state index contributed by atoms with van der Waals surface area (Å²) in [5.74, 6) is 0.551. The van der Waals surface area contributed by atoms with Gasteiger partial charge in [-0.2, -0.15) is 0 Å². The van der Waals surface area contributed by atoms with Crippen LogP contribution >= 0.6 is 0 Å². The van der Waals surface area contributed by atoms with Crippen molar-refractivity contribution in [2.24, 2.45) is 0 Å². The number of aryl methyl sites for hydroxylation is 1. The predicted molar refractivity (Wildman–Crippen MR) is 87.1 cm³/mol. The molecule has 122 valence electrons. The normalized spacial score (nSPS) is 10.4. The molecule has 0 aliphatic rings. The number of amides is 2. The number of ether oxygens (including phenoxy) is 1. The fourth-order valence-corrected chi connectivity index (χ4v) is 1.94. The molecular weight excluding hydrogens is 280 g/mol. The fourth-order valence-electron chi connectivity index (χ4n) is 1.94. The molecule has 5 nitrogen and oxygen atoms in total. The van der Waals surface area contributed by atoms with Crippen molar-refractivity contribution in [2.75, 3.05) is 19.7 Å². The van der Waals surface area contributed by atoms with E-state index in [2.05, 4.69) is 24.5 Å². The summed E-state index contributed by atoms with van der Waals surface area (Å²) in [6.07, 6.45) is 0.869. The van der Waals surface area contributed by atoms with Crippen molar-refractivity contribution in [1.29, 1.82) is 0 Å². The first kappa shape index (κ1) is 18.0. The van der Waals surface area contributed by atoms with Gasteiger partial charge in [0.15, 0.2) is 6.61 Å². The van der Waals surface area contributed by atoms with Crippen molar-refractivity contribution in [1.82, 2.24) is 10.6 Å². The van der Waals surface area contributed by atoms with Gasteiger partial charge in [-0.15, -0.1) is 0 Å². The van der Waals surface area contributed by atoms with Crippen LogP contribution in [0, 0.1) is 6.92 Å². The molecule has 1 aromatic carbocycles. The van der Waals surface area contributed by atoms with E-state index in [9.17, 15) is 9.59 Å². The molecule has 0 heterocycles. The van der Waals surface area contributed by atoms with E-state index in [0.717, 1.165) is 23.3 Å². The monoisotopic (exact) mass is 306 g/mol. The Balaban J connectivity index is 2.47. The topological polar surface area (TPSA) is 67.4 Å². The van der Waals surface area contributed by atoms with E-state index in [4.69, 9.17) is 4.74 Å². The summed E-state index contributed by atoms with van der Waals surface area (Å²) >= 11 is 0. The zero-order valence-corrected chi connectivity index (χ0v) is 13.9. The lowest BCUT2D eigenvalue weighted by molar-refractivity contribution is -0.127. The highest BCUT2D eigenvalue weighted by Gasteiger charge is 2.11. The summed E-state index contributed by atoms with van der Waals surface area (Å²) in [5, 5.41) is 5.25. The fraction of sp³-hybridized carbons (Fsp3) is 0.529. The van der Waals surface area contributed by atoms with Crippen molar-refractivity contribution >= 4 is 11.8 Å². The van der Waals surface area contributed by atoms with Gasteiger partial charge in [0, 0.05) is 6.54 Å². The molecule has 1 aromatic rings. The van der Waals surface area contributed by atoms with Gasteiger partial charge >= 0.3 is 0 Å². The van der Waals surface area contributed by atoms with Gasteiger partial charge in [-0.25, -0.2) is 0 Å². The molecule has 0 atom stereocenters. The van der Waals surface area contributed by atoms with Crippen molar-refractivity contribution in [3.63, 3.8) is 0 Å². The molecule has 0 aliphatic carbocycles. The Kier molecular flexibility index (Phi) is 7.43. The second-order valence-corrected chi connectivity index (χ2v) is 5.61. The van der Waals surface area contributed by atoms with E-state index in [-0.39, 0.29) is 25.0 Å². The molecule has 5 heteroatoms. The lowest BCUT2D eigenvalue weighted by atomic mass is 10.0. The number of benzene rings is 1. The Hall–Kier alpha value is -2.04. The summed E-state index contributed by atoms with van der Waals surface area (Å²) in [6.45, 7) is 8.62. The first-order valence-corrected chi connectivity index (χ1v) is 7.70. The highest BCUT2D eigenvalue weighted by atomic mass is 16.5. The third-order valence-corrected chi connectivity index (χ3v) is 3.17. The van der Waals surface area contributed by atoms with Crippen LogP contribution in [-0.4, -0.2) is 31.5 Å². The number of nitrogens with one attached hydrogen (secondary N) is 2. The molecule has 0 spiro atoms. The Labute approximate surface area is 132 Å². The molecule has 0 radical (unpaired) electrons. The zero-order chi connectivity index (χ0) is 16.5. The average Bonchev–Trinajstić information content (AvgIpc) is 2.48. The van der Waals surface area contributed by atoms with Gasteiger partial charge in [-0.3, -0.25) is 9.59 Å². The molecule has 0 saturated carbocycles. The van der Waals surface area contributed by atoms with E-state index >= 15 is 0 Å². The minimum Gasteiger partial charge on any atom is -0.483 e. The highest BCUT2D eigenvalue weighted by Crippen LogP contribution is 2.27. The molecule has 22 heavy (non-hydrogen) atoms. The van der Waals surface area contributed by atoms with Crippen LogP contribution in [0.5, 0.6) is 5.75 Å². The molecule has 0 bridgehead atoms.